The Morgan fingerprint density at radius 2 is 1.69 bits per heavy atom. The second-order valence-electron chi connectivity index (χ2n) is 3.71. The summed E-state index contributed by atoms with van der Waals surface area (Å²) in [4.78, 5) is 2.21. The summed E-state index contributed by atoms with van der Waals surface area (Å²) in [6, 6.07) is 0. The molecular formula is C12H23N. The topological polar surface area (TPSA) is 3.24 Å². The van der Waals surface area contributed by atoms with Gasteiger partial charge in [-0.25, -0.2) is 0 Å². The van der Waals surface area contributed by atoms with E-state index < -0.39 is 0 Å². The van der Waals surface area contributed by atoms with Crippen molar-refractivity contribution < 1.29 is 0 Å². The lowest BCUT2D eigenvalue weighted by atomic mass is 10.1. The van der Waals surface area contributed by atoms with Crippen LogP contribution < -0.4 is 0 Å². The molecule has 76 valence electrons. The number of unbranched alkanes of at least 4 members (excludes halogenated alkanes) is 5. The van der Waals surface area contributed by atoms with Crippen LogP contribution >= 0.6 is 0 Å². The molecule has 0 atom stereocenters. The van der Waals surface area contributed by atoms with Gasteiger partial charge in [0.15, 0.2) is 0 Å². The van der Waals surface area contributed by atoms with Gasteiger partial charge >= 0.3 is 0 Å². The van der Waals surface area contributed by atoms with E-state index in [0.717, 1.165) is 13.1 Å². The van der Waals surface area contributed by atoms with Gasteiger partial charge in [-0.1, -0.05) is 44.9 Å². The number of rotatable bonds is 8. The maximum Gasteiger partial charge on any atom is 0.0596 e. The molecule has 13 heavy (non-hydrogen) atoms. The van der Waals surface area contributed by atoms with E-state index in [1.807, 2.05) is 0 Å². The molecule has 1 nitrogen and oxygen atoms in total. The second kappa shape index (κ2) is 9.61. The molecule has 0 saturated heterocycles. The van der Waals surface area contributed by atoms with Crippen molar-refractivity contribution in [3.63, 3.8) is 0 Å². The highest BCUT2D eigenvalue weighted by Gasteiger charge is 1.94. The summed E-state index contributed by atoms with van der Waals surface area (Å²) in [5.74, 6) is 2.65. The van der Waals surface area contributed by atoms with Gasteiger partial charge in [0.1, 0.15) is 0 Å². The molecule has 0 aliphatic rings. The second-order valence-corrected chi connectivity index (χ2v) is 3.71. The maximum atomic E-state index is 5.21. The molecule has 0 heterocycles. The van der Waals surface area contributed by atoms with Crippen molar-refractivity contribution in [1.82, 2.24) is 4.90 Å². The van der Waals surface area contributed by atoms with Gasteiger partial charge in [-0.3, -0.25) is 4.90 Å². The fraction of sp³-hybridized carbons (Fsp3) is 0.833. The lowest BCUT2D eigenvalue weighted by Crippen LogP contribution is -2.19. The molecule has 0 radical (unpaired) electrons. The van der Waals surface area contributed by atoms with E-state index in [1.165, 1.54) is 38.5 Å². The molecule has 0 aromatic carbocycles. The predicted octanol–water partition coefficient (Wildman–Crippen LogP) is 2.91. The molecule has 0 amide bonds. The lowest BCUT2D eigenvalue weighted by molar-refractivity contribution is 0.361. The molecule has 0 aromatic heterocycles. The number of terminal acetylenes is 1. The van der Waals surface area contributed by atoms with Gasteiger partial charge in [0, 0.05) is 0 Å². The fourth-order valence-corrected chi connectivity index (χ4v) is 1.40. The molecule has 0 fully saturated rings. The van der Waals surface area contributed by atoms with E-state index in [-0.39, 0.29) is 0 Å². The average molecular weight is 181 g/mol. The van der Waals surface area contributed by atoms with Crippen molar-refractivity contribution in [2.24, 2.45) is 0 Å². The van der Waals surface area contributed by atoms with Crippen LogP contribution in [0, 0.1) is 12.3 Å². The van der Waals surface area contributed by atoms with E-state index in [9.17, 15) is 0 Å². The quantitative estimate of drug-likeness (QED) is 0.411. The van der Waals surface area contributed by atoms with E-state index in [4.69, 9.17) is 6.42 Å². The van der Waals surface area contributed by atoms with Crippen LogP contribution in [0.5, 0.6) is 0 Å². The van der Waals surface area contributed by atoms with Crippen molar-refractivity contribution in [2.45, 2.75) is 45.4 Å². The van der Waals surface area contributed by atoms with Gasteiger partial charge < -0.3 is 0 Å². The molecule has 0 bridgehead atoms. The number of hydrogen-bond donors (Lipinski definition) is 0. The van der Waals surface area contributed by atoms with E-state index in [1.54, 1.807) is 0 Å². The van der Waals surface area contributed by atoms with Gasteiger partial charge in [-0.2, -0.15) is 0 Å². The molecule has 0 rings (SSSR count). The Morgan fingerprint density at radius 3 is 2.31 bits per heavy atom. The third-order valence-corrected chi connectivity index (χ3v) is 2.25. The highest BCUT2D eigenvalue weighted by molar-refractivity contribution is 4.86. The van der Waals surface area contributed by atoms with Gasteiger partial charge in [-0.05, 0) is 20.0 Å². The zero-order chi connectivity index (χ0) is 9.94. The SMILES string of the molecule is C#CCN(C)CCCCCCCC. The Morgan fingerprint density at radius 1 is 1.08 bits per heavy atom. The average Bonchev–Trinajstić information content (AvgIpc) is 2.11. The van der Waals surface area contributed by atoms with Crippen LogP contribution in [0.2, 0.25) is 0 Å². The van der Waals surface area contributed by atoms with E-state index >= 15 is 0 Å². The summed E-state index contributed by atoms with van der Waals surface area (Å²) in [7, 11) is 2.09. The van der Waals surface area contributed by atoms with Gasteiger partial charge in [0.25, 0.3) is 0 Å². The molecule has 0 aliphatic heterocycles. The zero-order valence-corrected chi connectivity index (χ0v) is 9.18. The zero-order valence-electron chi connectivity index (χ0n) is 9.18. The Hall–Kier alpha value is -0.480. The van der Waals surface area contributed by atoms with Crippen LogP contribution in [0.4, 0.5) is 0 Å². The highest BCUT2D eigenvalue weighted by Crippen LogP contribution is 2.05. The third-order valence-electron chi connectivity index (χ3n) is 2.25. The minimum absolute atomic E-state index is 0.787. The van der Waals surface area contributed by atoms with Crippen LogP contribution in [0.3, 0.4) is 0 Å². The minimum Gasteiger partial charge on any atom is -0.295 e. The first kappa shape index (κ1) is 12.5. The highest BCUT2D eigenvalue weighted by atomic mass is 15.1. The lowest BCUT2D eigenvalue weighted by Gasteiger charge is -2.12. The molecule has 0 aliphatic carbocycles. The molecule has 0 aromatic rings. The predicted molar refractivity (Wildman–Crippen MR) is 59.7 cm³/mol. The fourth-order valence-electron chi connectivity index (χ4n) is 1.40. The summed E-state index contributed by atoms with van der Waals surface area (Å²) in [6.45, 7) is 4.19. The largest absolute Gasteiger partial charge is 0.295 e. The summed E-state index contributed by atoms with van der Waals surface area (Å²) in [6.07, 6.45) is 13.4. The molecule has 0 spiro atoms. The summed E-state index contributed by atoms with van der Waals surface area (Å²) < 4.78 is 0. The van der Waals surface area contributed by atoms with Gasteiger partial charge in [0.05, 0.1) is 6.54 Å². The third kappa shape index (κ3) is 9.43. The normalized spacial score (nSPS) is 10.3. The van der Waals surface area contributed by atoms with E-state index in [0.29, 0.717) is 0 Å². The Kier molecular flexibility index (Phi) is 9.25. The first-order valence-electron chi connectivity index (χ1n) is 5.43. The standard InChI is InChI=1S/C12H23N/c1-4-6-7-8-9-10-12-13(3)11-5-2/h2H,4,6-12H2,1,3H3. The van der Waals surface area contributed by atoms with Crippen LogP contribution in [0.25, 0.3) is 0 Å². The Balaban J connectivity index is 3.03. The van der Waals surface area contributed by atoms with Gasteiger partial charge in [0.2, 0.25) is 0 Å². The first-order chi connectivity index (χ1) is 6.31. The molecule has 0 saturated carbocycles. The van der Waals surface area contributed by atoms with Crippen molar-refractivity contribution >= 4 is 0 Å². The van der Waals surface area contributed by atoms with Crippen molar-refractivity contribution in [2.75, 3.05) is 20.1 Å². The van der Waals surface area contributed by atoms with Crippen molar-refractivity contribution in [3.05, 3.63) is 0 Å². The minimum atomic E-state index is 0.787. The number of nitrogens with zero attached hydrogens (tertiary/aromatic N) is 1. The molecule has 0 unspecified atom stereocenters. The molecule has 1 heteroatoms. The van der Waals surface area contributed by atoms with E-state index in [2.05, 4.69) is 24.8 Å². The van der Waals surface area contributed by atoms with Gasteiger partial charge in [-0.15, -0.1) is 6.42 Å². The summed E-state index contributed by atoms with van der Waals surface area (Å²) in [5.41, 5.74) is 0. The molecular weight excluding hydrogens is 158 g/mol. The number of hydrogen-bond acceptors (Lipinski definition) is 1. The summed E-state index contributed by atoms with van der Waals surface area (Å²) in [5, 5.41) is 0. The van der Waals surface area contributed by atoms with Crippen molar-refractivity contribution in [3.8, 4) is 12.3 Å². The Bertz CT molecular complexity index is 135. The van der Waals surface area contributed by atoms with Crippen molar-refractivity contribution in [1.29, 1.82) is 0 Å². The summed E-state index contributed by atoms with van der Waals surface area (Å²) >= 11 is 0. The maximum absolute atomic E-state index is 5.21. The first-order valence-corrected chi connectivity index (χ1v) is 5.43. The smallest absolute Gasteiger partial charge is 0.0596 e. The van der Waals surface area contributed by atoms with Crippen LogP contribution in [0.1, 0.15) is 45.4 Å². The van der Waals surface area contributed by atoms with Crippen LogP contribution in [-0.4, -0.2) is 25.0 Å². The monoisotopic (exact) mass is 181 g/mol. The van der Waals surface area contributed by atoms with Crippen LogP contribution in [0.15, 0.2) is 0 Å². The molecule has 0 N–H and O–H groups in total. The van der Waals surface area contributed by atoms with Crippen LogP contribution in [-0.2, 0) is 0 Å². The Labute approximate surface area is 83.5 Å².